The molecule has 0 aromatic rings. The molecule has 15 heavy (non-hydrogen) atoms. The molecule has 0 spiro atoms. The van der Waals surface area contributed by atoms with E-state index in [1.54, 1.807) is 0 Å². The number of ketones is 1. The molecule has 0 amide bonds. The molecule has 0 radical (unpaired) electrons. The molecule has 88 valence electrons. The van der Waals surface area contributed by atoms with Gasteiger partial charge in [-0.1, -0.05) is 13.8 Å². The van der Waals surface area contributed by atoms with Crippen LogP contribution in [0.3, 0.4) is 0 Å². The largest absolute Gasteiger partial charge is 0.311 e. The number of Topliss-reactive ketones (excluding diaryl/α,β-unsaturated/α-hetero) is 1. The van der Waals surface area contributed by atoms with Crippen LogP contribution in [0.1, 0.15) is 34.1 Å². The zero-order valence-corrected chi connectivity index (χ0v) is 10.4. The van der Waals surface area contributed by atoms with Crippen LogP contribution in [0.25, 0.3) is 0 Å². The molecule has 0 saturated carbocycles. The predicted octanol–water partition coefficient (Wildman–Crippen LogP) is 1.28. The van der Waals surface area contributed by atoms with Crippen molar-refractivity contribution < 1.29 is 4.79 Å². The molecule has 1 heterocycles. The molecule has 1 saturated heterocycles. The zero-order valence-electron chi connectivity index (χ0n) is 10.4. The molecule has 1 fully saturated rings. The number of nitrogens with zero attached hydrogens (tertiary/aromatic N) is 1. The summed E-state index contributed by atoms with van der Waals surface area (Å²) < 4.78 is 0. The molecular weight excluding hydrogens is 188 g/mol. The van der Waals surface area contributed by atoms with E-state index in [-0.39, 0.29) is 5.92 Å². The van der Waals surface area contributed by atoms with Gasteiger partial charge in [0.2, 0.25) is 0 Å². The van der Waals surface area contributed by atoms with E-state index in [1.165, 1.54) is 0 Å². The number of hydrogen-bond donors (Lipinski definition) is 1. The summed E-state index contributed by atoms with van der Waals surface area (Å²) >= 11 is 0. The second-order valence-electron chi connectivity index (χ2n) is 5.07. The molecule has 3 nitrogen and oxygen atoms in total. The normalized spacial score (nSPS) is 18.5. The third kappa shape index (κ3) is 3.92. The van der Waals surface area contributed by atoms with E-state index in [4.69, 9.17) is 0 Å². The van der Waals surface area contributed by atoms with Gasteiger partial charge in [0.1, 0.15) is 5.78 Å². The van der Waals surface area contributed by atoms with Gasteiger partial charge < -0.3 is 5.32 Å². The summed E-state index contributed by atoms with van der Waals surface area (Å²) in [6.07, 6.45) is 0.676. The Balaban J connectivity index is 2.02. The Bertz CT molecular complexity index is 208. The third-order valence-electron chi connectivity index (χ3n) is 3.09. The van der Waals surface area contributed by atoms with Gasteiger partial charge in [0, 0.05) is 44.1 Å². The highest BCUT2D eigenvalue weighted by molar-refractivity contribution is 5.80. The van der Waals surface area contributed by atoms with Crippen LogP contribution >= 0.6 is 0 Å². The molecular formula is C12H24N2O. The number of hydrogen-bond acceptors (Lipinski definition) is 3. The van der Waals surface area contributed by atoms with Gasteiger partial charge in [0.15, 0.2) is 0 Å². The van der Waals surface area contributed by atoms with Crippen molar-refractivity contribution in [1.82, 2.24) is 10.2 Å². The van der Waals surface area contributed by atoms with Gasteiger partial charge in [-0.3, -0.25) is 9.69 Å². The van der Waals surface area contributed by atoms with Crippen molar-refractivity contribution in [3.8, 4) is 0 Å². The molecule has 3 heteroatoms. The summed E-state index contributed by atoms with van der Waals surface area (Å²) in [7, 11) is 0. The summed E-state index contributed by atoms with van der Waals surface area (Å²) in [6.45, 7) is 11.5. The highest BCUT2D eigenvalue weighted by Gasteiger charge is 2.27. The SMILES string of the molecule is CC(C)C(=O)CCNC1CN(C(C)C)C1. The molecule has 0 bridgehead atoms. The fourth-order valence-electron chi connectivity index (χ4n) is 1.75. The molecule has 0 aromatic heterocycles. The minimum atomic E-state index is 0.181. The molecule has 0 aliphatic carbocycles. The Morgan fingerprint density at radius 3 is 2.40 bits per heavy atom. The number of carbonyl (C=O) groups is 1. The van der Waals surface area contributed by atoms with Crippen LogP contribution in [0.15, 0.2) is 0 Å². The molecule has 1 aliphatic heterocycles. The number of carbonyl (C=O) groups excluding carboxylic acids is 1. The zero-order chi connectivity index (χ0) is 11.4. The second-order valence-corrected chi connectivity index (χ2v) is 5.07. The van der Waals surface area contributed by atoms with Crippen LogP contribution in [0, 0.1) is 5.92 Å². The minimum Gasteiger partial charge on any atom is -0.311 e. The van der Waals surface area contributed by atoms with Crippen LogP contribution in [0.5, 0.6) is 0 Å². The fourth-order valence-corrected chi connectivity index (χ4v) is 1.75. The second kappa shape index (κ2) is 5.61. The van der Waals surface area contributed by atoms with E-state index in [9.17, 15) is 4.79 Å². The maximum atomic E-state index is 11.4. The van der Waals surface area contributed by atoms with Crippen molar-refractivity contribution in [2.45, 2.75) is 46.2 Å². The third-order valence-corrected chi connectivity index (χ3v) is 3.09. The number of nitrogens with one attached hydrogen (secondary N) is 1. The van der Waals surface area contributed by atoms with Crippen molar-refractivity contribution >= 4 is 5.78 Å². The van der Waals surface area contributed by atoms with Crippen LogP contribution in [-0.2, 0) is 4.79 Å². The van der Waals surface area contributed by atoms with E-state index >= 15 is 0 Å². The quantitative estimate of drug-likeness (QED) is 0.720. The summed E-state index contributed by atoms with van der Waals surface area (Å²) in [5.74, 6) is 0.544. The van der Waals surface area contributed by atoms with Crippen LogP contribution in [-0.4, -0.2) is 42.4 Å². The van der Waals surface area contributed by atoms with E-state index in [0.717, 1.165) is 19.6 Å². The van der Waals surface area contributed by atoms with Gasteiger partial charge in [-0.05, 0) is 13.8 Å². The summed E-state index contributed by atoms with van der Waals surface area (Å²) in [5.41, 5.74) is 0. The lowest BCUT2D eigenvalue weighted by molar-refractivity contribution is -0.121. The van der Waals surface area contributed by atoms with Gasteiger partial charge in [0.25, 0.3) is 0 Å². The maximum absolute atomic E-state index is 11.4. The summed E-state index contributed by atoms with van der Waals surface area (Å²) in [5, 5.41) is 3.43. The van der Waals surface area contributed by atoms with E-state index in [1.807, 2.05) is 13.8 Å². The van der Waals surface area contributed by atoms with E-state index < -0.39 is 0 Å². The lowest BCUT2D eigenvalue weighted by atomic mass is 10.0. The predicted molar refractivity (Wildman–Crippen MR) is 63.0 cm³/mol. The standard InChI is InChI=1S/C12H24N2O/c1-9(2)12(15)5-6-13-11-7-14(8-11)10(3)4/h9-11,13H,5-8H2,1-4H3. The monoisotopic (exact) mass is 212 g/mol. The van der Waals surface area contributed by atoms with Crippen molar-refractivity contribution in [2.75, 3.05) is 19.6 Å². The average Bonchev–Trinajstić information content (AvgIpc) is 2.07. The molecule has 1 aliphatic rings. The topological polar surface area (TPSA) is 32.3 Å². The summed E-state index contributed by atoms with van der Waals surface area (Å²) in [4.78, 5) is 13.8. The van der Waals surface area contributed by atoms with Gasteiger partial charge >= 0.3 is 0 Å². The minimum absolute atomic E-state index is 0.181. The Labute approximate surface area is 93.2 Å². The fraction of sp³-hybridized carbons (Fsp3) is 0.917. The van der Waals surface area contributed by atoms with Crippen molar-refractivity contribution in [2.24, 2.45) is 5.92 Å². The van der Waals surface area contributed by atoms with Crippen molar-refractivity contribution in [3.05, 3.63) is 0 Å². The Morgan fingerprint density at radius 1 is 1.33 bits per heavy atom. The van der Waals surface area contributed by atoms with E-state index in [0.29, 0.717) is 24.3 Å². The van der Waals surface area contributed by atoms with Crippen LogP contribution < -0.4 is 5.32 Å². The Kier molecular flexibility index (Phi) is 4.74. The van der Waals surface area contributed by atoms with Gasteiger partial charge in [-0.25, -0.2) is 0 Å². The first-order valence-electron chi connectivity index (χ1n) is 6.01. The average molecular weight is 212 g/mol. The maximum Gasteiger partial charge on any atom is 0.136 e. The molecule has 0 aromatic carbocycles. The highest BCUT2D eigenvalue weighted by Crippen LogP contribution is 2.11. The first kappa shape index (κ1) is 12.7. The number of likely N-dealkylation sites (tertiary alicyclic amines) is 1. The van der Waals surface area contributed by atoms with Crippen molar-refractivity contribution in [3.63, 3.8) is 0 Å². The van der Waals surface area contributed by atoms with E-state index in [2.05, 4.69) is 24.1 Å². The van der Waals surface area contributed by atoms with Gasteiger partial charge in [-0.2, -0.15) is 0 Å². The smallest absolute Gasteiger partial charge is 0.136 e. The molecule has 1 N–H and O–H groups in total. The Morgan fingerprint density at radius 2 is 1.93 bits per heavy atom. The molecule has 0 atom stereocenters. The van der Waals surface area contributed by atoms with Crippen LogP contribution in [0.4, 0.5) is 0 Å². The highest BCUT2D eigenvalue weighted by atomic mass is 16.1. The molecule has 1 rings (SSSR count). The van der Waals surface area contributed by atoms with Crippen LogP contribution in [0.2, 0.25) is 0 Å². The first-order valence-corrected chi connectivity index (χ1v) is 6.01. The lowest BCUT2D eigenvalue weighted by Gasteiger charge is -2.42. The van der Waals surface area contributed by atoms with Gasteiger partial charge in [0.05, 0.1) is 0 Å². The van der Waals surface area contributed by atoms with Crippen molar-refractivity contribution in [1.29, 1.82) is 0 Å². The first-order chi connectivity index (χ1) is 7.00. The Hall–Kier alpha value is -0.410. The number of rotatable bonds is 6. The lowest BCUT2D eigenvalue weighted by Crippen LogP contribution is -2.60. The molecule has 0 unspecified atom stereocenters. The summed E-state index contributed by atoms with van der Waals surface area (Å²) in [6, 6.07) is 1.26. The van der Waals surface area contributed by atoms with Gasteiger partial charge in [-0.15, -0.1) is 0 Å².